The summed E-state index contributed by atoms with van der Waals surface area (Å²) in [6.45, 7) is 10.7. The van der Waals surface area contributed by atoms with Crippen molar-refractivity contribution >= 4 is 0 Å². The van der Waals surface area contributed by atoms with Gasteiger partial charge in [0.2, 0.25) is 0 Å². The molecule has 0 saturated heterocycles. The largest absolute Gasteiger partial charge is 0.391 e. The SMILES string of the molecule is CCC(C)(OCC(C)O)C(C)C. The summed E-state index contributed by atoms with van der Waals surface area (Å²) < 4.78 is 5.65. The van der Waals surface area contributed by atoms with Gasteiger partial charge < -0.3 is 9.84 Å². The lowest BCUT2D eigenvalue weighted by atomic mass is 9.89. The van der Waals surface area contributed by atoms with Crippen molar-refractivity contribution in [2.45, 2.75) is 52.7 Å². The van der Waals surface area contributed by atoms with Crippen LogP contribution in [0.3, 0.4) is 0 Å². The molecule has 0 fully saturated rings. The van der Waals surface area contributed by atoms with Crippen molar-refractivity contribution in [1.82, 2.24) is 0 Å². The third-order valence-corrected chi connectivity index (χ3v) is 2.58. The second-order valence-corrected chi connectivity index (χ2v) is 3.98. The van der Waals surface area contributed by atoms with Crippen LogP contribution < -0.4 is 0 Å². The van der Waals surface area contributed by atoms with Gasteiger partial charge in [-0.25, -0.2) is 0 Å². The molecule has 0 aliphatic rings. The highest BCUT2D eigenvalue weighted by Gasteiger charge is 2.27. The van der Waals surface area contributed by atoms with E-state index in [0.29, 0.717) is 12.5 Å². The molecular formula is C10H22O2. The third kappa shape index (κ3) is 3.55. The Kier molecular flexibility index (Phi) is 4.80. The van der Waals surface area contributed by atoms with Crippen LogP contribution in [0.15, 0.2) is 0 Å². The molecule has 2 heteroatoms. The minimum atomic E-state index is -0.366. The minimum absolute atomic E-state index is 0.0863. The van der Waals surface area contributed by atoms with Gasteiger partial charge in [0.05, 0.1) is 18.3 Å². The van der Waals surface area contributed by atoms with Gasteiger partial charge >= 0.3 is 0 Å². The lowest BCUT2D eigenvalue weighted by molar-refractivity contribution is -0.0933. The van der Waals surface area contributed by atoms with Gasteiger partial charge in [0.15, 0.2) is 0 Å². The second kappa shape index (κ2) is 4.83. The van der Waals surface area contributed by atoms with Crippen LogP contribution in [0.25, 0.3) is 0 Å². The van der Waals surface area contributed by atoms with Crippen LogP contribution in [0.1, 0.15) is 41.0 Å². The van der Waals surface area contributed by atoms with Gasteiger partial charge in [-0.2, -0.15) is 0 Å². The van der Waals surface area contributed by atoms with Crippen LogP contribution in [-0.2, 0) is 4.74 Å². The summed E-state index contributed by atoms with van der Waals surface area (Å²) in [6, 6.07) is 0. The van der Waals surface area contributed by atoms with Crippen molar-refractivity contribution in [1.29, 1.82) is 0 Å². The Morgan fingerprint density at radius 1 is 1.33 bits per heavy atom. The zero-order valence-electron chi connectivity index (χ0n) is 8.92. The number of aliphatic hydroxyl groups excluding tert-OH is 1. The standard InChI is InChI=1S/C10H22O2/c1-6-10(5,8(2)3)12-7-9(4)11/h8-9,11H,6-7H2,1-5H3. The van der Waals surface area contributed by atoms with E-state index < -0.39 is 0 Å². The summed E-state index contributed by atoms with van der Waals surface area (Å²) in [7, 11) is 0. The fourth-order valence-corrected chi connectivity index (χ4v) is 0.988. The summed E-state index contributed by atoms with van der Waals surface area (Å²) >= 11 is 0. The van der Waals surface area contributed by atoms with Gasteiger partial charge in [0, 0.05) is 0 Å². The maximum atomic E-state index is 9.07. The molecule has 0 aromatic carbocycles. The molecule has 0 bridgehead atoms. The molecule has 0 saturated carbocycles. The predicted molar refractivity (Wildman–Crippen MR) is 51.2 cm³/mol. The van der Waals surface area contributed by atoms with Crippen LogP contribution in [0, 0.1) is 5.92 Å². The molecule has 2 atom stereocenters. The van der Waals surface area contributed by atoms with Crippen LogP contribution in [0.2, 0.25) is 0 Å². The van der Waals surface area contributed by atoms with Gasteiger partial charge in [-0.1, -0.05) is 20.8 Å². The quantitative estimate of drug-likeness (QED) is 0.692. The van der Waals surface area contributed by atoms with Gasteiger partial charge in [-0.05, 0) is 26.2 Å². The maximum absolute atomic E-state index is 9.07. The number of aliphatic hydroxyl groups is 1. The van der Waals surface area contributed by atoms with Crippen LogP contribution in [0.5, 0.6) is 0 Å². The van der Waals surface area contributed by atoms with Gasteiger partial charge in [0.25, 0.3) is 0 Å². The normalized spacial score (nSPS) is 19.2. The Bertz CT molecular complexity index is 121. The molecule has 0 aliphatic carbocycles. The van der Waals surface area contributed by atoms with E-state index in [1.54, 1.807) is 6.92 Å². The predicted octanol–water partition coefficient (Wildman–Crippen LogP) is 2.21. The molecule has 0 aromatic heterocycles. The van der Waals surface area contributed by atoms with E-state index in [9.17, 15) is 0 Å². The Morgan fingerprint density at radius 2 is 1.83 bits per heavy atom. The molecule has 0 spiro atoms. The smallest absolute Gasteiger partial charge is 0.0745 e. The average molecular weight is 174 g/mol. The molecule has 74 valence electrons. The number of hydrogen-bond donors (Lipinski definition) is 1. The molecule has 0 aromatic rings. The van der Waals surface area contributed by atoms with E-state index in [-0.39, 0.29) is 11.7 Å². The van der Waals surface area contributed by atoms with Crippen LogP contribution >= 0.6 is 0 Å². The highest BCUT2D eigenvalue weighted by atomic mass is 16.5. The summed E-state index contributed by atoms with van der Waals surface area (Å²) in [5.74, 6) is 0.487. The topological polar surface area (TPSA) is 29.5 Å². The van der Waals surface area contributed by atoms with Crippen molar-refractivity contribution in [3.63, 3.8) is 0 Å². The fraction of sp³-hybridized carbons (Fsp3) is 1.00. The van der Waals surface area contributed by atoms with Crippen molar-refractivity contribution < 1.29 is 9.84 Å². The first-order valence-corrected chi connectivity index (χ1v) is 4.74. The lowest BCUT2D eigenvalue weighted by Crippen LogP contribution is -2.36. The highest BCUT2D eigenvalue weighted by Crippen LogP contribution is 2.24. The zero-order chi connectivity index (χ0) is 9.78. The van der Waals surface area contributed by atoms with Crippen LogP contribution in [0.4, 0.5) is 0 Å². The monoisotopic (exact) mass is 174 g/mol. The van der Waals surface area contributed by atoms with Crippen molar-refractivity contribution in [2.24, 2.45) is 5.92 Å². The van der Waals surface area contributed by atoms with E-state index in [1.807, 2.05) is 0 Å². The summed E-state index contributed by atoms with van der Waals surface area (Å²) in [5.41, 5.74) is -0.0863. The first-order chi connectivity index (χ1) is 5.42. The van der Waals surface area contributed by atoms with E-state index in [1.165, 1.54) is 0 Å². The third-order valence-electron chi connectivity index (χ3n) is 2.58. The van der Waals surface area contributed by atoms with E-state index in [4.69, 9.17) is 9.84 Å². The van der Waals surface area contributed by atoms with Crippen LogP contribution in [-0.4, -0.2) is 23.4 Å². The summed E-state index contributed by atoms with van der Waals surface area (Å²) in [6.07, 6.45) is 0.617. The molecule has 0 heterocycles. The lowest BCUT2D eigenvalue weighted by Gasteiger charge is -2.33. The Morgan fingerprint density at radius 3 is 2.08 bits per heavy atom. The van der Waals surface area contributed by atoms with E-state index >= 15 is 0 Å². The molecule has 0 amide bonds. The molecular weight excluding hydrogens is 152 g/mol. The molecule has 1 N–H and O–H groups in total. The molecule has 0 aliphatic heterocycles. The van der Waals surface area contributed by atoms with Crippen molar-refractivity contribution in [2.75, 3.05) is 6.61 Å². The molecule has 0 rings (SSSR count). The van der Waals surface area contributed by atoms with Gasteiger partial charge in [-0.3, -0.25) is 0 Å². The van der Waals surface area contributed by atoms with Crippen molar-refractivity contribution in [3.8, 4) is 0 Å². The second-order valence-electron chi connectivity index (χ2n) is 3.98. The summed E-state index contributed by atoms with van der Waals surface area (Å²) in [5, 5.41) is 9.07. The van der Waals surface area contributed by atoms with Gasteiger partial charge in [-0.15, -0.1) is 0 Å². The molecule has 2 nitrogen and oxygen atoms in total. The first kappa shape index (κ1) is 11.9. The van der Waals surface area contributed by atoms with E-state index in [2.05, 4.69) is 27.7 Å². The van der Waals surface area contributed by atoms with Gasteiger partial charge in [0.1, 0.15) is 0 Å². The highest BCUT2D eigenvalue weighted by molar-refractivity contribution is 4.77. The van der Waals surface area contributed by atoms with Crippen molar-refractivity contribution in [3.05, 3.63) is 0 Å². The average Bonchev–Trinajstić information content (AvgIpc) is 1.99. The molecule has 12 heavy (non-hydrogen) atoms. The Hall–Kier alpha value is -0.0800. The fourth-order valence-electron chi connectivity index (χ4n) is 0.988. The molecule has 2 unspecified atom stereocenters. The number of ether oxygens (including phenoxy) is 1. The zero-order valence-corrected chi connectivity index (χ0v) is 8.92. The van der Waals surface area contributed by atoms with E-state index in [0.717, 1.165) is 6.42 Å². The Labute approximate surface area is 75.9 Å². The number of hydrogen-bond acceptors (Lipinski definition) is 2. The first-order valence-electron chi connectivity index (χ1n) is 4.74. The summed E-state index contributed by atoms with van der Waals surface area (Å²) in [4.78, 5) is 0. The number of rotatable bonds is 5. The molecule has 0 radical (unpaired) electrons. The minimum Gasteiger partial charge on any atom is -0.391 e. The maximum Gasteiger partial charge on any atom is 0.0745 e. The Balaban J connectivity index is 3.97.